The van der Waals surface area contributed by atoms with Gasteiger partial charge in [-0.15, -0.1) is 0 Å². The van der Waals surface area contributed by atoms with Gasteiger partial charge in [0.25, 0.3) is 15.9 Å². The number of rotatable bonds is 5. The topological polar surface area (TPSA) is 143 Å². The van der Waals surface area contributed by atoms with Gasteiger partial charge in [0, 0.05) is 17.5 Å². The van der Waals surface area contributed by atoms with Gasteiger partial charge in [-0.05, 0) is 38.5 Å². The van der Waals surface area contributed by atoms with Crippen LogP contribution in [-0.4, -0.2) is 45.7 Å². The summed E-state index contributed by atoms with van der Waals surface area (Å²) in [6.07, 6.45) is 1.37. The SMILES string of the molecule is CC(C)(CCC(=O)O)NC(=O)c1ccc2c(c1)S(=O)(=O)Nc1ncnn1-2. The Labute approximate surface area is 149 Å². The van der Waals surface area contributed by atoms with E-state index in [0.29, 0.717) is 0 Å². The highest BCUT2D eigenvalue weighted by molar-refractivity contribution is 7.93. The van der Waals surface area contributed by atoms with Crippen LogP contribution in [0.15, 0.2) is 29.4 Å². The third-order valence-corrected chi connectivity index (χ3v) is 5.29. The third kappa shape index (κ3) is 3.38. The minimum absolute atomic E-state index is 0.0736. The van der Waals surface area contributed by atoms with Crippen LogP contribution >= 0.6 is 0 Å². The van der Waals surface area contributed by atoms with Crippen molar-refractivity contribution in [3.8, 4) is 5.69 Å². The van der Waals surface area contributed by atoms with Crippen LogP contribution < -0.4 is 10.0 Å². The van der Waals surface area contributed by atoms with E-state index in [-0.39, 0.29) is 34.9 Å². The Morgan fingerprint density at radius 1 is 1.35 bits per heavy atom. The lowest BCUT2D eigenvalue weighted by Crippen LogP contribution is -2.43. The lowest BCUT2D eigenvalue weighted by molar-refractivity contribution is -0.137. The van der Waals surface area contributed by atoms with Crippen LogP contribution in [0.2, 0.25) is 0 Å². The Bertz CT molecular complexity index is 996. The number of aliphatic carboxylic acids is 1. The largest absolute Gasteiger partial charge is 0.481 e. The maximum Gasteiger partial charge on any atom is 0.303 e. The molecule has 1 aliphatic heterocycles. The molecule has 138 valence electrons. The van der Waals surface area contributed by atoms with Gasteiger partial charge < -0.3 is 10.4 Å². The fourth-order valence-corrected chi connectivity index (χ4v) is 3.77. The van der Waals surface area contributed by atoms with Gasteiger partial charge in [0.05, 0.1) is 5.69 Å². The van der Waals surface area contributed by atoms with Gasteiger partial charge in [0.2, 0.25) is 5.95 Å². The van der Waals surface area contributed by atoms with Crippen molar-refractivity contribution in [3.05, 3.63) is 30.1 Å². The number of nitrogens with zero attached hydrogens (tertiary/aromatic N) is 3. The number of nitrogens with one attached hydrogen (secondary N) is 2. The minimum atomic E-state index is -3.88. The number of aromatic nitrogens is 3. The second kappa shape index (κ2) is 6.09. The van der Waals surface area contributed by atoms with E-state index >= 15 is 0 Å². The number of amides is 1. The van der Waals surface area contributed by atoms with Gasteiger partial charge in [-0.3, -0.25) is 9.59 Å². The highest BCUT2D eigenvalue weighted by Gasteiger charge is 2.30. The van der Waals surface area contributed by atoms with Gasteiger partial charge >= 0.3 is 5.97 Å². The summed E-state index contributed by atoms with van der Waals surface area (Å²) in [6, 6.07) is 4.21. The molecule has 2 aromatic rings. The summed E-state index contributed by atoms with van der Waals surface area (Å²) < 4.78 is 28.4. The van der Waals surface area contributed by atoms with E-state index in [0.717, 1.165) is 0 Å². The Balaban J connectivity index is 1.90. The number of benzene rings is 1. The lowest BCUT2D eigenvalue weighted by Gasteiger charge is -2.26. The zero-order valence-corrected chi connectivity index (χ0v) is 14.9. The summed E-state index contributed by atoms with van der Waals surface area (Å²) in [5.41, 5.74) is -0.333. The molecule has 0 saturated heterocycles. The normalized spacial score (nSPS) is 14.7. The van der Waals surface area contributed by atoms with Crippen molar-refractivity contribution < 1.29 is 23.1 Å². The van der Waals surface area contributed by atoms with Crippen LogP contribution in [0.5, 0.6) is 0 Å². The molecular weight excluding hydrogens is 362 g/mol. The van der Waals surface area contributed by atoms with Crippen LogP contribution in [-0.2, 0) is 14.8 Å². The Kier molecular flexibility index (Phi) is 4.18. The molecule has 0 spiro atoms. The summed E-state index contributed by atoms with van der Waals surface area (Å²) in [5, 5.41) is 15.5. The standard InChI is InChI=1S/C15H17N5O5S/c1-15(2,6-5-12(21)22)18-13(23)9-3-4-10-11(7-9)26(24,25)19-14-16-8-17-20(10)14/h3-4,7-8H,5-6H2,1-2H3,(H,18,23)(H,21,22)(H,16,17,19). The highest BCUT2D eigenvalue weighted by atomic mass is 32.2. The lowest BCUT2D eigenvalue weighted by atomic mass is 9.97. The monoisotopic (exact) mass is 379 g/mol. The molecule has 0 aliphatic carbocycles. The summed E-state index contributed by atoms with van der Waals surface area (Å²) >= 11 is 0. The molecule has 11 heteroatoms. The van der Waals surface area contributed by atoms with E-state index in [2.05, 4.69) is 20.1 Å². The van der Waals surface area contributed by atoms with E-state index < -0.39 is 27.4 Å². The Hall–Kier alpha value is -2.95. The van der Waals surface area contributed by atoms with E-state index in [9.17, 15) is 18.0 Å². The van der Waals surface area contributed by atoms with Crippen LogP contribution in [0.4, 0.5) is 5.95 Å². The molecule has 10 nitrogen and oxygen atoms in total. The van der Waals surface area contributed by atoms with E-state index in [4.69, 9.17) is 5.11 Å². The molecule has 0 fully saturated rings. The van der Waals surface area contributed by atoms with Crippen molar-refractivity contribution in [1.82, 2.24) is 20.1 Å². The van der Waals surface area contributed by atoms with Crippen molar-refractivity contribution >= 4 is 27.8 Å². The fourth-order valence-electron chi connectivity index (χ4n) is 2.57. The first kappa shape index (κ1) is 17.9. The first-order valence-electron chi connectivity index (χ1n) is 7.71. The smallest absolute Gasteiger partial charge is 0.303 e. The third-order valence-electron chi connectivity index (χ3n) is 3.93. The van der Waals surface area contributed by atoms with Gasteiger partial charge in [-0.25, -0.2) is 13.1 Å². The molecule has 0 radical (unpaired) electrons. The number of carbonyl (C=O) groups is 2. The van der Waals surface area contributed by atoms with E-state index in [1.807, 2.05) is 0 Å². The fraction of sp³-hybridized carbons (Fsp3) is 0.333. The van der Waals surface area contributed by atoms with Crippen LogP contribution in [0.25, 0.3) is 5.69 Å². The summed E-state index contributed by atoms with van der Waals surface area (Å²) in [5.74, 6) is -1.38. The molecule has 1 aromatic heterocycles. The van der Waals surface area contributed by atoms with Crippen molar-refractivity contribution in [3.63, 3.8) is 0 Å². The molecular formula is C15H17N5O5S. The average Bonchev–Trinajstić information content (AvgIpc) is 2.99. The number of hydrogen-bond acceptors (Lipinski definition) is 6. The number of hydrogen-bond donors (Lipinski definition) is 3. The molecule has 0 unspecified atom stereocenters. The Morgan fingerprint density at radius 3 is 2.77 bits per heavy atom. The van der Waals surface area contributed by atoms with E-state index in [1.54, 1.807) is 13.8 Å². The molecule has 26 heavy (non-hydrogen) atoms. The van der Waals surface area contributed by atoms with Crippen LogP contribution in [0.1, 0.15) is 37.0 Å². The second-order valence-corrected chi connectivity index (χ2v) is 8.17. The zero-order valence-electron chi connectivity index (χ0n) is 14.1. The molecule has 0 saturated carbocycles. The molecule has 1 aromatic carbocycles. The van der Waals surface area contributed by atoms with Gasteiger partial charge in [-0.2, -0.15) is 14.8 Å². The predicted octanol–water partition coefficient (Wildman–Crippen LogP) is 0.755. The number of sulfonamides is 1. The van der Waals surface area contributed by atoms with E-state index in [1.165, 1.54) is 29.2 Å². The van der Waals surface area contributed by atoms with Crippen LogP contribution in [0.3, 0.4) is 0 Å². The first-order chi connectivity index (χ1) is 12.1. The molecule has 3 N–H and O–H groups in total. The molecule has 0 bridgehead atoms. The molecule has 1 amide bonds. The maximum atomic E-state index is 12.5. The van der Waals surface area contributed by atoms with Gasteiger partial charge in [0.1, 0.15) is 11.2 Å². The van der Waals surface area contributed by atoms with Gasteiger partial charge in [-0.1, -0.05) is 0 Å². The molecule has 0 atom stereocenters. The first-order valence-corrected chi connectivity index (χ1v) is 9.19. The number of carbonyl (C=O) groups excluding carboxylic acids is 1. The number of carboxylic acids is 1. The average molecular weight is 379 g/mol. The van der Waals surface area contributed by atoms with Crippen molar-refractivity contribution in [2.75, 3.05) is 4.72 Å². The summed E-state index contributed by atoms with van der Waals surface area (Å²) in [4.78, 5) is 26.9. The summed E-state index contributed by atoms with van der Waals surface area (Å²) in [6.45, 7) is 3.40. The van der Waals surface area contributed by atoms with Gasteiger partial charge in [0.15, 0.2) is 0 Å². The van der Waals surface area contributed by atoms with Crippen molar-refractivity contribution in [2.24, 2.45) is 0 Å². The molecule has 2 heterocycles. The second-order valence-electron chi connectivity index (χ2n) is 6.52. The summed E-state index contributed by atoms with van der Waals surface area (Å²) in [7, 11) is -3.88. The number of carboxylic acid groups (broad SMARTS) is 1. The molecule has 1 aliphatic rings. The number of fused-ring (bicyclic) bond motifs is 3. The highest BCUT2D eigenvalue weighted by Crippen LogP contribution is 2.29. The number of anilines is 1. The molecule has 3 rings (SSSR count). The maximum absolute atomic E-state index is 12.5. The predicted molar refractivity (Wildman–Crippen MR) is 90.6 cm³/mol. The minimum Gasteiger partial charge on any atom is -0.481 e. The quantitative estimate of drug-likeness (QED) is 0.695. The van der Waals surface area contributed by atoms with Crippen molar-refractivity contribution in [2.45, 2.75) is 37.1 Å². The zero-order chi connectivity index (χ0) is 19.1. The van der Waals surface area contributed by atoms with Crippen molar-refractivity contribution in [1.29, 1.82) is 0 Å². The van der Waals surface area contributed by atoms with Crippen LogP contribution in [0, 0.1) is 0 Å². The Morgan fingerprint density at radius 2 is 2.08 bits per heavy atom.